The molecule has 4 nitrogen and oxygen atoms in total. The first-order chi connectivity index (χ1) is 9.80. The number of carbonyl (C=O) groups is 1. The zero-order valence-corrected chi connectivity index (χ0v) is 14.7. The van der Waals surface area contributed by atoms with Crippen LogP contribution in [0.15, 0.2) is 0 Å². The molecule has 1 aliphatic rings. The topological polar surface area (TPSA) is 41.6 Å². The van der Waals surface area contributed by atoms with Crippen LogP contribution in [0.3, 0.4) is 0 Å². The molecule has 0 heterocycles. The predicted octanol–water partition coefficient (Wildman–Crippen LogP) is 2.82. The number of methoxy groups -OCH3 is 1. The summed E-state index contributed by atoms with van der Waals surface area (Å²) in [4.78, 5) is 14.4. The van der Waals surface area contributed by atoms with Gasteiger partial charge in [-0.2, -0.15) is 0 Å². The van der Waals surface area contributed by atoms with Gasteiger partial charge in [0.2, 0.25) is 0 Å². The normalized spacial score (nSPS) is 19.6. The Bertz CT molecular complexity index is 329. The average Bonchev–Trinajstić information content (AvgIpc) is 3.25. The molecule has 4 heteroatoms. The van der Waals surface area contributed by atoms with Gasteiger partial charge in [0.05, 0.1) is 7.11 Å². The van der Waals surface area contributed by atoms with Gasteiger partial charge in [-0.15, -0.1) is 0 Å². The van der Waals surface area contributed by atoms with Crippen LogP contribution in [0.2, 0.25) is 0 Å². The van der Waals surface area contributed by atoms with Crippen molar-refractivity contribution in [3.63, 3.8) is 0 Å². The van der Waals surface area contributed by atoms with Crippen molar-refractivity contribution in [1.82, 2.24) is 10.2 Å². The number of ether oxygens (including phenoxy) is 1. The maximum Gasteiger partial charge on any atom is 0.325 e. The molecule has 0 aromatic heterocycles. The number of nitrogens with zero attached hydrogens (tertiary/aromatic N) is 1. The van der Waals surface area contributed by atoms with E-state index in [1.54, 1.807) is 0 Å². The van der Waals surface area contributed by atoms with Gasteiger partial charge in [-0.25, -0.2) is 0 Å². The molecule has 0 bridgehead atoms. The smallest absolute Gasteiger partial charge is 0.325 e. The molecule has 124 valence electrons. The molecule has 1 N–H and O–H groups in total. The largest absolute Gasteiger partial charge is 0.468 e. The third kappa shape index (κ3) is 5.95. The Labute approximate surface area is 130 Å². The monoisotopic (exact) mass is 298 g/mol. The lowest BCUT2D eigenvalue weighted by Gasteiger charge is -2.30. The highest BCUT2D eigenvalue weighted by Crippen LogP contribution is 2.26. The molecular weight excluding hydrogens is 264 g/mol. The van der Waals surface area contributed by atoms with Crippen LogP contribution in [-0.2, 0) is 9.53 Å². The van der Waals surface area contributed by atoms with Crippen LogP contribution in [0.1, 0.15) is 59.8 Å². The van der Waals surface area contributed by atoms with Crippen molar-refractivity contribution in [2.45, 2.75) is 77.4 Å². The van der Waals surface area contributed by atoms with Crippen LogP contribution in [0.5, 0.6) is 0 Å². The number of esters is 1. The average molecular weight is 298 g/mol. The van der Waals surface area contributed by atoms with E-state index in [9.17, 15) is 4.79 Å². The van der Waals surface area contributed by atoms with E-state index in [4.69, 9.17) is 4.74 Å². The highest BCUT2D eigenvalue weighted by molar-refractivity contribution is 5.80. The van der Waals surface area contributed by atoms with Crippen molar-refractivity contribution in [2.75, 3.05) is 20.7 Å². The Morgan fingerprint density at radius 3 is 2.43 bits per heavy atom. The Morgan fingerprint density at radius 2 is 1.95 bits per heavy atom. The van der Waals surface area contributed by atoms with Gasteiger partial charge >= 0.3 is 5.97 Å². The van der Waals surface area contributed by atoms with Crippen LogP contribution >= 0.6 is 0 Å². The van der Waals surface area contributed by atoms with Gasteiger partial charge in [0, 0.05) is 12.1 Å². The molecular formula is C17H34N2O2. The Hall–Kier alpha value is -0.610. The van der Waals surface area contributed by atoms with Crippen LogP contribution in [0.4, 0.5) is 0 Å². The maximum absolute atomic E-state index is 12.0. The van der Waals surface area contributed by atoms with Gasteiger partial charge in [0.1, 0.15) is 5.54 Å². The second kappa shape index (κ2) is 8.14. The number of hydrogen-bond donors (Lipinski definition) is 1. The van der Waals surface area contributed by atoms with E-state index in [0.717, 1.165) is 25.8 Å². The van der Waals surface area contributed by atoms with E-state index in [0.29, 0.717) is 18.0 Å². The molecule has 1 saturated carbocycles. The van der Waals surface area contributed by atoms with Crippen LogP contribution < -0.4 is 5.32 Å². The SMILES string of the molecule is COC(=O)C(C)(CCCCN(C)C(C)C(C)C)NC1CC1. The Balaban J connectivity index is 2.34. The summed E-state index contributed by atoms with van der Waals surface area (Å²) in [6, 6.07) is 1.11. The van der Waals surface area contributed by atoms with E-state index in [2.05, 4.69) is 38.0 Å². The second-order valence-electron chi connectivity index (χ2n) is 7.16. The zero-order valence-electron chi connectivity index (χ0n) is 14.7. The summed E-state index contributed by atoms with van der Waals surface area (Å²) in [5.74, 6) is 0.546. The predicted molar refractivity (Wildman–Crippen MR) is 87.4 cm³/mol. The second-order valence-corrected chi connectivity index (χ2v) is 7.16. The lowest BCUT2D eigenvalue weighted by molar-refractivity contribution is -0.148. The van der Waals surface area contributed by atoms with E-state index in [-0.39, 0.29) is 5.97 Å². The molecule has 0 amide bonds. The van der Waals surface area contributed by atoms with E-state index in [1.165, 1.54) is 20.0 Å². The lowest BCUT2D eigenvalue weighted by atomic mass is 9.94. The summed E-state index contributed by atoms with van der Waals surface area (Å²) in [6.45, 7) is 9.86. The summed E-state index contributed by atoms with van der Waals surface area (Å²) in [7, 11) is 3.67. The molecule has 1 fully saturated rings. The standard InChI is InChI=1S/C17H34N2O2/c1-13(2)14(3)19(5)12-8-7-11-17(4,16(20)21-6)18-15-9-10-15/h13-15,18H,7-12H2,1-6H3. The van der Waals surface area contributed by atoms with Gasteiger partial charge in [0.15, 0.2) is 0 Å². The molecule has 0 radical (unpaired) electrons. The molecule has 0 saturated heterocycles. The van der Waals surface area contributed by atoms with Crippen molar-refractivity contribution in [2.24, 2.45) is 5.92 Å². The first kappa shape index (κ1) is 18.4. The Morgan fingerprint density at radius 1 is 1.33 bits per heavy atom. The number of nitrogens with one attached hydrogen (secondary N) is 1. The zero-order chi connectivity index (χ0) is 16.0. The molecule has 2 atom stereocenters. The van der Waals surface area contributed by atoms with Crippen LogP contribution in [0, 0.1) is 5.92 Å². The molecule has 1 aliphatic carbocycles. The van der Waals surface area contributed by atoms with Gasteiger partial charge < -0.3 is 9.64 Å². The minimum absolute atomic E-state index is 0.127. The molecule has 0 aromatic rings. The van der Waals surface area contributed by atoms with E-state index < -0.39 is 5.54 Å². The van der Waals surface area contributed by atoms with Gasteiger partial charge in [-0.3, -0.25) is 10.1 Å². The molecule has 0 spiro atoms. The molecule has 1 rings (SSSR count). The number of carbonyl (C=O) groups excluding carboxylic acids is 1. The van der Waals surface area contributed by atoms with E-state index in [1.807, 2.05) is 6.92 Å². The summed E-state index contributed by atoms with van der Waals surface area (Å²) < 4.78 is 4.98. The summed E-state index contributed by atoms with van der Waals surface area (Å²) in [5.41, 5.74) is -0.516. The maximum atomic E-state index is 12.0. The Kier molecular flexibility index (Phi) is 7.14. The third-order valence-corrected chi connectivity index (χ3v) is 4.83. The molecule has 0 aliphatic heterocycles. The number of rotatable bonds is 10. The van der Waals surface area contributed by atoms with Gasteiger partial charge in [-0.1, -0.05) is 13.8 Å². The van der Waals surface area contributed by atoms with Crippen molar-refractivity contribution in [1.29, 1.82) is 0 Å². The minimum Gasteiger partial charge on any atom is -0.468 e. The fourth-order valence-electron chi connectivity index (χ4n) is 2.69. The van der Waals surface area contributed by atoms with Crippen molar-refractivity contribution in [3.05, 3.63) is 0 Å². The van der Waals surface area contributed by atoms with Gasteiger partial charge in [-0.05, 0) is 65.5 Å². The van der Waals surface area contributed by atoms with Crippen LogP contribution in [0.25, 0.3) is 0 Å². The summed E-state index contributed by atoms with van der Waals surface area (Å²) >= 11 is 0. The summed E-state index contributed by atoms with van der Waals surface area (Å²) in [6.07, 6.45) is 5.37. The fraction of sp³-hybridized carbons (Fsp3) is 0.941. The summed E-state index contributed by atoms with van der Waals surface area (Å²) in [5, 5.41) is 3.46. The van der Waals surface area contributed by atoms with Crippen LogP contribution in [-0.4, -0.2) is 49.2 Å². The lowest BCUT2D eigenvalue weighted by Crippen LogP contribution is -2.51. The number of unbranched alkanes of at least 4 members (excludes halogenated alkanes) is 1. The minimum atomic E-state index is -0.516. The molecule has 21 heavy (non-hydrogen) atoms. The first-order valence-corrected chi connectivity index (χ1v) is 8.36. The molecule has 0 aromatic carbocycles. The van der Waals surface area contributed by atoms with Crippen molar-refractivity contribution in [3.8, 4) is 0 Å². The van der Waals surface area contributed by atoms with Crippen molar-refractivity contribution >= 4 is 5.97 Å². The number of hydrogen-bond acceptors (Lipinski definition) is 4. The first-order valence-electron chi connectivity index (χ1n) is 8.36. The van der Waals surface area contributed by atoms with E-state index >= 15 is 0 Å². The third-order valence-electron chi connectivity index (χ3n) is 4.83. The molecule has 2 unspecified atom stereocenters. The van der Waals surface area contributed by atoms with Gasteiger partial charge in [0.25, 0.3) is 0 Å². The quantitative estimate of drug-likeness (QED) is 0.497. The van der Waals surface area contributed by atoms with Crippen molar-refractivity contribution < 1.29 is 9.53 Å². The fourth-order valence-corrected chi connectivity index (χ4v) is 2.69. The highest BCUT2D eigenvalue weighted by atomic mass is 16.5. The highest BCUT2D eigenvalue weighted by Gasteiger charge is 2.38.